The molecule has 0 unspecified atom stereocenters. The zero-order valence-corrected chi connectivity index (χ0v) is 12.4. The highest BCUT2D eigenvalue weighted by Crippen LogP contribution is 2.21. The summed E-state index contributed by atoms with van der Waals surface area (Å²) in [6.45, 7) is 11.4. The Morgan fingerprint density at radius 2 is 1.78 bits per heavy atom. The number of hydrogen-bond acceptors (Lipinski definition) is 3. The van der Waals surface area contributed by atoms with Crippen LogP contribution in [0.25, 0.3) is 0 Å². The topological polar surface area (TPSA) is 50.8 Å². The van der Waals surface area contributed by atoms with Crippen molar-refractivity contribution < 1.29 is 0 Å². The summed E-state index contributed by atoms with van der Waals surface area (Å²) in [5.74, 6) is 0.638. The standard InChI is InChI=1S/C15H27N3/c1-14(2)12-18(11-7-9-16)10-6-5-8-15(3,4)13-17/h14H,5-8,10-12H2,1-4H3. The number of nitrogens with zero attached hydrogens (tertiary/aromatic N) is 3. The second-order valence-corrected chi connectivity index (χ2v) is 6.06. The minimum atomic E-state index is -0.199. The highest BCUT2D eigenvalue weighted by molar-refractivity contribution is 4.91. The van der Waals surface area contributed by atoms with Gasteiger partial charge in [0.05, 0.1) is 17.6 Å². The first-order valence-corrected chi connectivity index (χ1v) is 6.92. The van der Waals surface area contributed by atoms with Crippen LogP contribution in [0.15, 0.2) is 0 Å². The molecule has 0 aromatic carbocycles. The third-order valence-electron chi connectivity index (χ3n) is 2.99. The van der Waals surface area contributed by atoms with E-state index >= 15 is 0 Å². The molecule has 0 heterocycles. The van der Waals surface area contributed by atoms with Gasteiger partial charge in [-0.2, -0.15) is 10.5 Å². The second-order valence-electron chi connectivity index (χ2n) is 6.06. The van der Waals surface area contributed by atoms with Crippen molar-refractivity contribution in [1.82, 2.24) is 4.90 Å². The number of nitriles is 2. The molecule has 0 atom stereocenters. The summed E-state index contributed by atoms with van der Waals surface area (Å²) in [4.78, 5) is 2.37. The van der Waals surface area contributed by atoms with Crippen molar-refractivity contribution in [1.29, 1.82) is 10.5 Å². The third-order valence-corrected chi connectivity index (χ3v) is 2.99. The molecule has 0 amide bonds. The Bertz CT molecular complexity index is 294. The van der Waals surface area contributed by atoms with Crippen LogP contribution >= 0.6 is 0 Å². The lowest BCUT2D eigenvalue weighted by Gasteiger charge is -2.23. The van der Waals surface area contributed by atoms with Gasteiger partial charge in [0.25, 0.3) is 0 Å². The van der Waals surface area contributed by atoms with Gasteiger partial charge < -0.3 is 4.90 Å². The van der Waals surface area contributed by atoms with Crippen molar-refractivity contribution in [3.63, 3.8) is 0 Å². The molecule has 0 aromatic rings. The first kappa shape index (κ1) is 16.9. The molecule has 0 saturated carbocycles. The molecular formula is C15H27N3. The molecule has 18 heavy (non-hydrogen) atoms. The monoisotopic (exact) mass is 249 g/mol. The molecule has 0 aromatic heterocycles. The average molecular weight is 249 g/mol. The van der Waals surface area contributed by atoms with E-state index in [9.17, 15) is 0 Å². The van der Waals surface area contributed by atoms with E-state index in [1.165, 1.54) is 0 Å². The van der Waals surface area contributed by atoms with Crippen LogP contribution in [0.4, 0.5) is 0 Å². The smallest absolute Gasteiger partial charge is 0.0683 e. The van der Waals surface area contributed by atoms with E-state index in [-0.39, 0.29) is 5.41 Å². The molecular weight excluding hydrogens is 222 g/mol. The zero-order chi connectivity index (χ0) is 14.0. The minimum Gasteiger partial charge on any atom is -0.302 e. The van der Waals surface area contributed by atoms with Gasteiger partial charge in [-0.3, -0.25) is 0 Å². The van der Waals surface area contributed by atoms with Gasteiger partial charge in [-0.1, -0.05) is 20.3 Å². The summed E-state index contributed by atoms with van der Waals surface area (Å²) in [6, 6.07) is 4.55. The van der Waals surface area contributed by atoms with Crippen LogP contribution in [0.3, 0.4) is 0 Å². The second kappa shape index (κ2) is 8.95. The lowest BCUT2D eigenvalue weighted by atomic mass is 9.89. The van der Waals surface area contributed by atoms with E-state index in [2.05, 4.69) is 30.9 Å². The van der Waals surface area contributed by atoms with Gasteiger partial charge in [-0.25, -0.2) is 0 Å². The first-order valence-electron chi connectivity index (χ1n) is 6.92. The summed E-state index contributed by atoms with van der Waals surface area (Å²) in [7, 11) is 0. The van der Waals surface area contributed by atoms with Crippen molar-refractivity contribution in [2.24, 2.45) is 11.3 Å². The predicted octanol–water partition coefficient (Wildman–Crippen LogP) is 3.58. The lowest BCUT2D eigenvalue weighted by molar-refractivity contribution is 0.240. The molecule has 0 saturated heterocycles. The van der Waals surface area contributed by atoms with E-state index in [4.69, 9.17) is 10.5 Å². The fourth-order valence-electron chi connectivity index (χ4n) is 1.98. The van der Waals surface area contributed by atoms with Crippen molar-refractivity contribution in [3.05, 3.63) is 0 Å². The molecule has 102 valence electrons. The first-order chi connectivity index (χ1) is 8.41. The Morgan fingerprint density at radius 3 is 2.28 bits per heavy atom. The van der Waals surface area contributed by atoms with Crippen molar-refractivity contribution in [2.45, 2.75) is 53.4 Å². The van der Waals surface area contributed by atoms with Gasteiger partial charge in [0.1, 0.15) is 0 Å². The van der Waals surface area contributed by atoms with Gasteiger partial charge in [-0.15, -0.1) is 0 Å². The summed E-state index contributed by atoms with van der Waals surface area (Å²) in [6.07, 6.45) is 3.76. The van der Waals surface area contributed by atoms with Gasteiger partial charge in [0.15, 0.2) is 0 Å². The number of hydrogen-bond donors (Lipinski definition) is 0. The van der Waals surface area contributed by atoms with Gasteiger partial charge >= 0.3 is 0 Å². The van der Waals surface area contributed by atoms with E-state index in [0.717, 1.165) is 38.9 Å². The largest absolute Gasteiger partial charge is 0.302 e. The van der Waals surface area contributed by atoms with E-state index in [0.29, 0.717) is 12.3 Å². The summed E-state index contributed by atoms with van der Waals surface area (Å²) < 4.78 is 0. The Kier molecular flexibility index (Phi) is 8.42. The molecule has 0 rings (SSSR count). The fourth-order valence-corrected chi connectivity index (χ4v) is 1.98. The van der Waals surface area contributed by atoms with Crippen LogP contribution in [0, 0.1) is 34.0 Å². The molecule has 0 fully saturated rings. The summed E-state index contributed by atoms with van der Waals surface area (Å²) in [5, 5.41) is 17.6. The van der Waals surface area contributed by atoms with E-state index < -0.39 is 0 Å². The molecule has 0 aliphatic rings. The van der Waals surface area contributed by atoms with E-state index in [1.54, 1.807) is 0 Å². The van der Waals surface area contributed by atoms with Crippen molar-refractivity contribution in [3.8, 4) is 12.1 Å². The maximum absolute atomic E-state index is 8.94. The Balaban J connectivity index is 3.90. The lowest BCUT2D eigenvalue weighted by Crippen LogP contribution is -2.30. The van der Waals surface area contributed by atoms with E-state index in [1.807, 2.05) is 13.8 Å². The highest BCUT2D eigenvalue weighted by Gasteiger charge is 2.16. The maximum atomic E-state index is 8.94. The average Bonchev–Trinajstić information content (AvgIpc) is 2.30. The Morgan fingerprint density at radius 1 is 1.11 bits per heavy atom. The normalized spacial score (nSPS) is 11.6. The molecule has 0 bridgehead atoms. The number of unbranched alkanes of at least 4 members (excludes halogenated alkanes) is 1. The van der Waals surface area contributed by atoms with Crippen LogP contribution in [0.2, 0.25) is 0 Å². The Labute approximate surface area is 112 Å². The quantitative estimate of drug-likeness (QED) is 0.587. The van der Waals surface area contributed by atoms with Gasteiger partial charge in [-0.05, 0) is 39.2 Å². The summed E-state index contributed by atoms with van der Waals surface area (Å²) in [5.41, 5.74) is -0.199. The maximum Gasteiger partial charge on any atom is 0.0683 e. The predicted molar refractivity (Wildman–Crippen MR) is 74.8 cm³/mol. The highest BCUT2D eigenvalue weighted by atomic mass is 15.1. The molecule has 0 aliphatic heterocycles. The van der Waals surface area contributed by atoms with Crippen LogP contribution in [-0.4, -0.2) is 24.5 Å². The fraction of sp³-hybridized carbons (Fsp3) is 0.867. The summed E-state index contributed by atoms with van der Waals surface area (Å²) >= 11 is 0. The Hall–Kier alpha value is -1.06. The third kappa shape index (κ3) is 9.02. The van der Waals surface area contributed by atoms with Crippen LogP contribution in [0.1, 0.15) is 53.4 Å². The van der Waals surface area contributed by atoms with Crippen LogP contribution in [-0.2, 0) is 0 Å². The molecule has 3 heteroatoms. The van der Waals surface area contributed by atoms with Crippen molar-refractivity contribution in [2.75, 3.05) is 19.6 Å². The van der Waals surface area contributed by atoms with Crippen molar-refractivity contribution >= 4 is 0 Å². The van der Waals surface area contributed by atoms with Crippen LogP contribution in [0.5, 0.6) is 0 Å². The molecule has 0 radical (unpaired) electrons. The van der Waals surface area contributed by atoms with Gasteiger partial charge in [0.2, 0.25) is 0 Å². The molecule has 3 nitrogen and oxygen atoms in total. The number of rotatable bonds is 9. The zero-order valence-electron chi connectivity index (χ0n) is 12.4. The minimum absolute atomic E-state index is 0.199. The molecule has 0 N–H and O–H groups in total. The van der Waals surface area contributed by atoms with Gasteiger partial charge in [0, 0.05) is 19.5 Å². The molecule has 0 spiro atoms. The SMILES string of the molecule is CC(C)CN(CCC#N)CCCCC(C)(C)C#N. The molecule has 0 aliphatic carbocycles. The van der Waals surface area contributed by atoms with Crippen LogP contribution < -0.4 is 0 Å².